The minimum Gasteiger partial charge on any atom is -0.423 e. The number of nitrogens with zero attached hydrogens (tertiary/aromatic N) is 1. The molecule has 7 nitrogen and oxygen atoms in total. The molecule has 0 aromatic heterocycles. The zero-order chi connectivity index (χ0) is 21.9. The molecule has 154 valence electrons. The Labute approximate surface area is 171 Å². The van der Waals surface area contributed by atoms with Crippen molar-refractivity contribution in [3.63, 3.8) is 0 Å². The summed E-state index contributed by atoms with van der Waals surface area (Å²) in [5, 5.41) is 20.4. The first kappa shape index (κ1) is 22.6. The average molecular weight is 397 g/mol. The monoisotopic (exact) mass is 397 g/mol. The third-order valence-electron chi connectivity index (χ3n) is 4.46. The lowest BCUT2D eigenvalue weighted by Crippen LogP contribution is -2.56. The molecule has 0 aliphatic rings. The predicted molar refractivity (Wildman–Crippen MR) is 113 cm³/mol. The summed E-state index contributed by atoms with van der Waals surface area (Å²) in [5.74, 6) is -0.873. The molecular weight excluding hydrogens is 369 g/mol. The molecule has 0 aliphatic heterocycles. The van der Waals surface area contributed by atoms with Crippen molar-refractivity contribution in [3.8, 4) is 0 Å². The quantitative estimate of drug-likeness (QED) is 0.454. The summed E-state index contributed by atoms with van der Waals surface area (Å²) in [5.41, 5.74) is 10.8. The van der Waals surface area contributed by atoms with E-state index in [2.05, 4.69) is 5.43 Å². The maximum absolute atomic E-state index is 13.2. The highest BCUT2D eigenvalue weighted by Crippen LogP contribution is 2.18. The number of hydrazine groups is 1. The van der Waals surface area contributed by atoms with Gasteiger partial charge in [-0.2, -0.15) is 0 Å². The lowest BCUT2D eigenvalue weighted by molar-refractivity contribution is 0.0358. The van der Waals surface area contributed by atoms with Crippen molar-refractivity contribution in [2.24, 2.45) is 5.73 Å². The number of benzene rings is 2. The van der Waals surface area contributed by atoms with Gasteiger partial charge in [0, 0.05) is 17.7 Å². The van der Waals surface area contributed by atoms with Crippen LogP contribution in [0.5, 0.6) is 0 Å². The fourth-order valence-electron chi connectivity index (χ4n) is 3.08. The molecule has 8 heteroatoms. The first-order valence-electron chi connectivity index (χ1n) is 9.37. The van der Waals surface area contributed by atoms with E-state index in [1.54, 1.807) is 18.2 Å². The zero-order valence-electron chi connectivity index (χ0n) is 17.5. The number of amides is 2. The van der Waals surface area contributed by atoms with E-state index in [1.807, 2.05) is 40.7 Å². The predicted octanol–water partition coefficient (Wildman–Crippen LogP) is 1.03. The molecule has 0 saturated heterocycles. The van der Waals surface area contributed by atoms with Crippen LogP contribution in [-0.4, -0.2) is 39.5 Å². The standard InChI is InChI=1S/C21H28BN3O4/c1-13-8-14(2)10-17(9-13)20(27)25(21(3,4)5)24-19(26)15-6-7-16(12-23)18(11-15)22(28)29/h6-11,28-29H,12,23H2,1-5H3,(H,24,26). The second-order valence-electron chi connectivity index (χ2n) is 8.12. The van der Waals surface area contributed by atoms with Gasteiger partial charge in [0.1, 0.15) is 0 Å². The molecule has 0 radical (unpaired) electrons. The molecule has 0 fully saturated rings. The second-order valence-corrected chi connectivity index (χ2v) is 8.12. The average Bonchev–Trinajstić information content (AvgIpc) is 2.63. The third-order valence-corrected chi connectivity index (χ3v) is 4.46. The van der Waals surface area contributed by atoms with Gasteiger partial charge in [-0.1, -0.05) is 23.3 Å². The fourth-order valence-corrected chi connectivity index (χ4v) is 3.08. The molecular formula is C21H28BN3O4. The summed E-state index contributed by atoms with van der Waals surface area (Å²) in [4.78, 5) is 26.0. The summed E-state index contributed by atoms with van der Waals surface area (Å²) in [7, 11) is -1.75. The Morgan fingerprint density at radius 3 is 2.10 bits per heavy atom. The van der Waals surface area contributed by atoms with Gasteiger partial charge in [-0.3, -0.25) is 15.0 Å². The van der Waals surface area contributed by atoms with Crippen LogP contribution in [0.4, 0.5) is 0 Å². The first-order chi connectivity index (χ1) is 13.4. The van der Waals surface area contributed by atoms with Crippen LogP contribution in [-0.2, 0) is 6.54 Å². The van der Waals surface area contributed by atoms with Crippen molar-refractivity contribution < 1.29 is 19.6 Å². The van der Waals surface area contributed by atoms with Crippen molar-refractivity contribution in [2.75, 3.05) is 0 Å². The van der Waals surface area contributed by atoms with Crippen molar-refractivity contribution in [1.82, 2.24) is 10.4 Å². The molecule has 0 bridgehead atoms. The van der Waals surface area contributed by atoms with Gasteiger partial charge in [-0.15, -0.1) is 0 Å². The van der Waals surface area contributed by atoms with E-state index in [9.17, 15) is 19.6 Å². The Morgan fingerprint density at radius 1 is 1.03 bits per heavy atom. The molecule has 2 amide bonds. The molecule has 2 aromatic carbocycles. The number of aryl methyl sites for hydroxylation is 2. The van der Waals surface area contributed by atoms with E-state index in [1.165, 1.54) is 17.1 Å². The highest BCUT2D eigenvalue weighted by Gasteiger charge is 2.30. The Bertz CT molecular complexity index is 902. The van der Waals surface area contributed by atoms with Crippen LogP contribution < -0.4 is 16.6 Å². The Hall–Kier alpha value is -2.68. The lowest BCUT2D eigenvalue weighted by Gasteiger charge is -2.35. The van der Waals surface area contributed by atoms with Gasteiger partial charge < -0.3 is 15.8 Å². The van der Waals surface area contributed by atoms with Gasteiger partial charge in [0.05, 0.1) is 5.54 Å². The highest BCUT2D eigenvalue weighted by molar-refractivity contribution is 6.59. The van der Waals surface area contributed by atoms with Crippen LogP contribution in [0.15, 0.2) is 36.4 Å². The van der Waals surface area contributed by atoms with Crippen LogP contribution in [0.3, 0.4) is 0 Å². The van der Waals surface area contributed by atoms with Crippen LogP contribution >= 0.6 is 0 Å². The van der Waals surface area contributed by atoms with Crippen molar-refractivity contribution in [3.05, 3.63) is 64.2 Å². The number of carbonyl (C=O) groups is 2. The minimum atomic E-state index is -1.75. The molecule has 0 aliphatic carbocycles. The summed E-state index contributed by atoms with van der Waals surface area (Å²) >= 11 is 0. The normalized spacial score (nSPS) is 11.2. The molecule has 0 heterocycles. The van der Waals surface area contributed by atoms with Crippen molar-refractivity contribution in [1.29, 1.82) is 0 Å². The summed E-state index contributed by atoms with van der Waals surface area (Å²) in [6.07, 6.45) is 0. The largest absolute Gasteiger partial charge is 0.488 e. The van der Waals surface area contributed by atoms with E-state index in [0.717, 1.165) is 11.1 Å². The Kier molecular flexibility index (Phi) is 6.84. The number of rotatable bonds is 4. The fraction of sp³-hybridized carbons (Fsp3) is 0.333. The maximum Gasteiger partial charge on any atom is 0.488 e. The highest BCUT2D eigenvalue weighted by atomic mass is 16.4. The minimum absolute atomic E-state index is 0.105. The third kappa shape index (κ3) is 5.44. The molecule has 2 aromatic rings. The maximum atomic E-state index is 13.2. The molecule has 5 N–H and O–H groups in total. The van der Waals surface area contributed by atoms with Crippen molar-refractivity contribution in [2.45, 2.75) is 46.7 Å². The zero-order valence-corrected chi connectivity index (χ0v) is 17.5. The van der Waals surface area contributed by atoms with E-state index < -0.39 is 18.6 Å². The van der Waals surface area contributed by atoms with E-state index in [4.69, 9.17) is 5.73 Å². The van der Waals surface area contributed by atoms with Crippen molar-refractivity contribution >= 4 is 24.4 Å². The Morgan fingerprint density at radius 2 is 1.62 bits per heavy atom. The van der Waals surface area contributed by atoms with Crippen LogP contribution in [0.25, 0.3) is 0 Å². The number of nitrogens with one attached hydrogen (secondary N) is 1. The topological polar surface area (TPSA) is 116 Å². The molecule has 0 saturated carbocycles. The molecule has 2 rings (SSSR count). The number of nitrogens with two attached hydrogens (primary N) is 1. The number of carbonyl (C=O) groups excluding carboxylic acids is 2. The number of hydrogen-bond acceptors (Lipinski definition) is 5. The molecule has 0 spiro atoms. The van der Waals surface area contributed by atoms with Gasteiger partial charge in [0.2, 0.25) is 0 Å². The summed E-state index contributed by atoms with van der Waals surface area (Å²) < 4.78 is 0. The first-order valence-corrected chi connectivity index (χ1v) is 9.37. The molecule has 29 heavy (non-hydrogen) atoms. The van der Waals surface area contributed by atoms with Gasteiger partial charge in [0.25, 0.3) is 11.8 Å². The van der Waals surface area contributed by atoms with Crippen LogP contribution in [0.2, 0.25) is 0 Å². The SMILES string of the molecule is Cc1cc(C)cc(C(=O)N(NC(=O)c2ccc(CN)c(B(O)O)c2)C(C)(C)C)c1. The number of hydrogen-bond donors (Lipinski definition) is 4. The van der Waals surface area contributed by atoms with Crippen LogP contribution in [0, 0.1) is 13.8 Å². The van der Waals surface area contributed by atoms with Gasteiger partial charge >= 0.3 is 7.12 Å². The van der Waals surface area contributed by atoms with Crippen LogP contribution in [0.1, 0.15) is 58.2 Å². The second kappa shape index (κ2) is 8.77. The summed E-state index contributed by atoms with van der Waals surface area (Å²) in [6.45, 7) is 9.36. The van der Waals surface area contributed by atoms with E-state index in [-0.39, 0.29) is 23.5 Å². The summed E-state index contributed by atoms with van der Waals surface area (Å²) in [6, 6.07) is 9.98. The molecule has 0 atom stereocenters. The van der Waals surface area contributed by atoms with Gasteiger partial charge in [-0.05, 0) is 69.9 Å². The smallest absolute Gasteiger partial charge is 0.423 e. The van der Waals surface area contributed by atoms with Gasteiger partial charge in [0.15, 0.2) is 0 Å². The van der Waals surface area contributed by atoms with Gasteiger partial charge in [-0.25, -0.2) is 5.01 Å². The van der Waals surface area contributed by atoms with E-state index >= 15 is 0 Å². The van der Waals surface area contributed by atoms with E-state index in [0.29, 0.717) is 11.1 Å². The lowest BCUT2D eigenvalue weighted by atomic mass is 9.76. The Balaban J connectivity index is 2.37. The molecule has 0 unspecified atom stereocenters.